The summed E-state index contributed by atoms with van der Waals surface area (Å²) in [6.07, 6.45) is 7.43. The molecule has 4 fully saturated rings. The van der Waals surface area contributed by atoms with Gasteiger partial charge in [0.15, 0.2) is 0 Å². The van der Waals surface area contributed by atoms with E-state index < -0.39 is 0 Å². The van der Waals surface area contributed by atoms with Gasteiger partial charge in [0.05, 0.1) is 5.41 Å². The number of hydrogen-bond acceptors (Lipinski definition) is 2. The average molecular weight is 278 g/mol. The fourth-order valence-corrected chi connectivity index (χ4v) is 5.62. The Labute approximate surface area is 123 Å². The van der Waals surface area contributed by atoms with Crippen molar-refractivity contribution in [1.82, 2.24) is 5.32 Å². The molecule has 3 unspecified atom stereocenters. The number of rotatable bonds is 4. The summed E-state index contributed by atoms with van der Waals surface area (Å²) < 4.78 is 0. The molecule has 4 bridgehead atoms. The van der Waals surface area contributed by atoms with Gasteiger partial charge in [0.25, 0.3) is 0 Å². The first-order valence-electron chi connectivity index (χ1n) is 8.36. The maximum absolute atomic E-state index is 12.8. The lowest BCUT2D eigenvalue weighted by Crippen LogP contribution is -2.57. The lowest BCUT2D eigenvalue weighted by molar-refractivity contribution is -0.155. The zero-order chi connectivity index (χ0) is 14.5. The van der Waals surface area contributed by atoms with Crippen molar-refractivity contribution >= 4 is 5.91 Å². The highest BCUT2D eigenvalue weighted by Gasteiger charge is 2.58. The largest absolute Gasteiger partial charge is 0.354 e. The zero-order valence-corrected chi connectivity index (χ0v) is 13.2. The molecule has 0 spiro atoms. The third kappa shape index (κ3) is 2.38. The predicted molar refractivity (Wildman–Crippen MR) is 81.0 cm³/mol. The number of nitrogens with two attached hydrogens (primary N) is 1. The van der Waals surface area contributed by atoms with Crippen LogP contribution in [0, 0.1) is 28.6 Å². The highest BCUT2D eigenvalue weighted by molar-refractivity contribution is 5.83. The van der Waals surface area contributed by atoms with Gasteiger partial charge in [-0.3, -0.25) is 4.79 Å². The Morgan fingerprint density at radius 2 is 1.85 bits per heavy atom. The number of amides is 1. The fraction of sp³-hybridized carbons (Fsp3) is 0.941. The minimum absolute atomic E-state index is 0.0600. The molecule has 0 radical (unpaired) electrons. The average Bonchev–Trinajstić information content (AvgIpc) is 2.32. The van der Waals surface area contributed by atoms with Crippen molar-refractivity contribution in [3.8, 4) is 0 Å². The molecule has 0 heterocycles. The molecule has 3 N–H and O–H groups in total. The van der Waals surface area contributed by atoms with Gasteiger partial charge in [-0.2, -0.15) is 0 Å². The first-order valence-corrected chi connectivity index (χ1v) is 8.36. The molecular formula is C17H30N2O. The lowest BCUT2D eigenvalue weighted by Gasteiger charge is -2.60. The van der Waals surface area contributed by atoms with Crippen molar-refractivity contribution in [1.29, 1.82) is 0 Å². The lowest BCUT2D eigenvalue weighted by atomic mass is 9.44. The Bertz CT molecular complexity index is 390. The normalized spacial score (nSPS) is 43.9. The van der Waals surface area contributed by atoms with E-state index in [1.165, 1.54) is 19.3 Å². The molecule has 0 aromatic rings. The first-order chi connectivity index (χ1) is 9.32. The molecule has 114 valence electrons. The van der Waals surface area contributed by atoms with E-state index in [-0.39, 0.29) is 11.5 Å². The molecule has 4 aliphatic carbocycles. The molecule has 0 aromatic carbocycles. The zero-order valence-electron chi connectivity index (χ0n) is 13.2. The van der Waals surface area contributed by atoms with Crippen molar-refractivity contribution in [3.05, 3.63) is 0 Å². The second-order valence-corrected chi connectivity index (χ2v) is 8.67. The van der Waals surface area contributed by atoms with Crippen LogP contribution < -0.4 is 11.1 Å². The molecule has 0 saturated heterocycles. The quantitative estimate of drug-likeness (QED) is 0.830. The minimum atomic E-state index is -0.0600. The van der Waals surface area contributed by atoms with Crippen molar-refractivity contribution in [2.75, 3.05) is 6.54 Å². The highest BCUT2D eigenvalue weighted by atomic mass is 16.2. The van der Waals surface area contributed by atoms with Gasteiger partial charge in [0, 0.05) is 12.6 Å². The van der Waals surface area contributed by atoms with Crippen LogP contribution in [0.15, 0.2) is 0 Å². The van der Waals surface area contributed by atoms with Crippen LogP contribution in [0.1, 0.15) is 59.3 Å². The Balaban J connectivity index is 1.68. The third-order valence-corrected chi connectivity index (χ3v) is 6.19. The Morgan fingerprint density at radius 1 is 1.25 bits per heavy atom. The minimum Gasteiger partial charge on any atom is -0.354 e. The van der Waals surface area contributed by atoms with E-state index in [1.807, 2.05) is 0 Å². The van der Waals surface area contributed by atoms with Gasteiger partial charge in [0.2, 0.25) is 5.91 Å². The van der Waals surface area contributed by atoms with Crippen molar-refractivity contribution in [3.63, 3.8) is 0 Å². The van der Waals surface area contributed by atoms with E-state index in [2.05, 4.69) is 26.1 Å². The molecule has 1 amide bonds. The van der Waals surface area contributed by atoms with Gasteiger partial charge in [-0.25, -0.2) is 0 Å². The van der Waals surface area contributed by atoms with Gasteiger partial charge in [-0.15, -0.1) is 0 Å². The van der Waals surface area contributed by atoms with Gasteiger partial charge in [-0.05, 0) is 61.7 Å². The first kappa shape index (κ1) is 14.4. The Morgan fingerprint density at radius 3 is 2.35 bits per heavy atom. The van der Waals surface area contributed by atoms with Crippen molar-refractivity contribution in [2.45, 2.75) is 65.3 Å². The van der Waals surface area contributed by atoms with Gasteiger partial charge >= 0.3 is 0 Å². The van der Waals surface area contributed by atoms with Crippen LogP contribution in [-0.2, 0) is 4.79 Å². The molecule has 4 rings (SSSR count). The third-order valence-electron chi connectivity index (χ3n) is 6.19. The molecule has 20 heavy (non-hydrogen) atoms. The van der Waals surface area contributed by atoms with Crippen LogP contribution in [0.5, 0.6) is 0 Å². The van der Waals surface area contributed by atoms with Gasteiger partial charge in [-0.1, -0.05) is 20.8 Å². The van der Waals surface area contributed by atoms with E-state index in [1.54, 1.807) is 0 Å². The summed E-state index contributed by atoms with van der Waals surface area (Å²) in [7, 11) is 0. The smallest absolute Gasteiger partial charge is 0.226 e. The van der Waals surface area contributed by atoms with E-state index in [0.717, 1.165) is 31.1 Å². The standard InChI is InChI=1S/C17H30N2O/c1-11(2)14(18)9-19-15(20)17-7-12-4-13(8-17)6-16(3,5-12)10-17/h11-14H,4-10,18H2,1-3H3,(H,19,20). The summed E-state index contributed by atoms with van der Waals surface area (Å²) in [6.45, 7) is 7.27. The summed E-state index contributed by atoms with van der Waals surface area (Å²) in [5.41, 5.74) is 6.44. The number of nitrogens with one attached hydrogen (secondary N) is 1. The summed E-state index contributed by atoms with van der Waals surface area (Å²) >= 11 is 0. The van der Waals surface area contributed by atoms with Gasteiger partial charge in [0.1, 0.15) is 0 Å². The molecule has 3 atom stereocenters. The molecule has 4 saturated carbocycles. The number of carbonyl (C=O) groups is 1. The second kappa shape index (κ2) is 4.72. The highest BCUT2D eigenvalue weighted by Crippen LogP contribution is 2.65. The molecule has 3 heteroatoms. The monoisotopic (exact) mass is 278 g/mol. The maximum atomic E-state index is 12.8. The SMILES string of the molecule is CC(C)C(N)CNC(=O)C12CC3CC(CC(C)(C3)C1)C2. The Kier molecular flexibility index (Phi) is 3.39. The van der Waals surface area contributed by atoms with E-state index in [4.69, 9.17) is 5.73 Å². The second-order valence-electron chi connectivity index (χ2n) is 8.67. The molecule has 0 aromatic heterocycles. The Hall–Kier alpha value is -0.570. The fourth-order valence-electron chi connectivity index (χ4n) is 5.62. The molecule has 0 aliphatic heterocycles. The predicted octanol–water partition coefficient (Wildman–Crippen LogP) is 2.69. The van der Waals surface area contributed by atoms with Crippen LogP contribution in [0.2, 0.25) is 0 Å². The molecular weight excluding hydrogens is 248 g/mol. The van der Waals surface area contributed by atoms with Crippen molar-refractivity contribution in [2.24, 2.45) is 34.3 Å². The van der Waals surface area contributed by atoms with Crippen LogP contribution in [0.25, 0.3) is 0 Å². The number of hydrogen-bond donors (Lipinski definition) is 2. The van der Waals surface area contributed by atoms with Crippen LogP contribution in [-0.4, -0.2) is 18.5 Å². The molecule has 4 aliphatic rings. The van der Waals surface area contributed by atoms with Crippen LogP contribution in [0.3, 0.4) is 0 Å². The van der Waals surface area contributed by atoms with E-state index >= 15 is 0 Å². The van der Waals surface area contributed by atoms with Gasteiger partial charge < -0.3 is 11.1 Å². The summed E-state index contributed by atoms with van der Waals surface area (Å²) in [5, 5.41) is 3.17. The maximum Gasteiger partial charge on any atom is 0.226 e. The topological polar surface area (TPSA) is 55.1 Å². The van der Waals surface area contributed by atoms with E-state index in [0.29, 0.717) is 23.8 Å². The van der Waals surface area contributed by atoms with Crippen LogP contribution in [0.4, 0.5) is 0 Å². The van der Waals surface area contributed by atoms with Crippen molar-refractivity contribution < 1.29 is 4.79 Å². The van der Waals surface area contributed by atoms with Crippen LogP contribution >= 0.6 is 0 Å². The molecule has 3 nitrogen and oxygen atoms in total. The number of carbonyl (C=O) groups excluding carboxylic acids is 1. The summed E-state index contributed by atoms with van der Waals surface area (Å²) in [4.78, 5) is 12.8. The summed E-state index contributed by atoms with van der Waals surface area (Å²) in [6, 6.07) is 0.0726. The van der Waals surface area contributed by atoms with E-state index in [9.17, 15) is 4.79 Å². The summed E-state index contributed by atoms with van der Waals surface area (Å²) in [5.74, 6) is 2.31.